The number of benzene rings is 3. The largest absolute Gasteiger partial charge is 0.325 e. The molecule has 0 radical (unpaired) electrons. The Hall–Kier alpha value is -3.13. The van der Waals surface area contributed by atoms with Crippen LogP contribution in [0.4, 0.5) is 0 Å². The van der Waals surface area contributed by atoms with Crippen molar-refractivity contribution < 1.29 is 4.79 Å². The monoisotopic (exact) mass is 341 g/mol. The van der Waals surface area contributed by atoms with Crippen LogP contribution in [-0.2, 0) is 10.2 Å². The van der Waals surface area contributed by atoms with Crippen molar-refractivity contribution in [3.05, 3.63) is 114 Å². The van der Waals surface area contributed by atoms with Crippen molar-refractivity contribution in [2.75, 3.05) is 0 Å². The lowest BCUT2D eigenvalue weighted by Gasteiger charge is -2.30. The molecule has 3 aromatic rings. The molecule has 0 aliphatic rings. The molecule has 0 fully saturated rings. The maximum absolute atomic E-state index is 13.4. The van der Waals surface area contributed by atoms with Crippen molar-refractivity contribution in [1.29, 1.82) is 0 Å². The van der Waals surface area contributed by atoms with Gasteiger partial charge in [-0.15, -0.1) is 0 Å². The predicted octanol–water partition coefficient (Wildman–Crippen LogP) is 5.09. The molecule has 3 aromatic carbocycles. The van der Waals surface area contributed by atoms with Gasteiger partial charge in [-0.2, -0.15) is 0 Å². The highest BCUT2D eigenvalue weighted by Crippen LogP contribution is 2.32. The van der Waals surface area contributed by atoms with E-state index < -0.39 is 5.41 Å². The van der Waals surface area contributed by atoms with Gasteiger partial charge in [-0.3, -0.25) is 4.79 Å². The summed E-state index contributed by atoms with van der Waals surface area (Å²) in [6.07, 6.45) is 0. The molecule has 2 nitrogen and oxygen atoms in total. The molecular formula is C24H23NO. The van der Waals surface area contributed by atoms with E-state index in [1.165, 1.54) is 0 Å². The van der Waals surface area contributed by atoms with Gasteiger partial charge in [0.2, 0.25) is 5.91 Å². The molecule has 1 N–H and O–H groups in total. The minimum Gasteiger partial charge on any atom is -0.325 e. The van der Waals surface area contributed by atoms with Gasteiger partial charge in [0.25, 0.3) is 0 Å². The maximum Gasteiger partial charge on any atom is 0.239 e. The number of carbonyl (C=O) groups is 1. The van der Waals surface area contributed by atoms with Crippen LogP contribution in [0, 0.1) is 6.92 Å². The smallest absolute Gasteiger partial charge is 0.239 e. The number of carbonyl (C=O) groups excluding carboxylic acids is 1. The van der Waals surface area contributed by atoms with Crippen molar-refractivity contribution >= 4 is 11.6 Å². The maximum atomic E-state index is 13.4. The molecule has 0 unspecified atom stereocenters. The van der Waals surface area contributed by atoms with E-state index in [0.717, 1.165) is 22.3 Å². The van der Waals surface area contributed by atoms with Crippen LogP contribution in [0.3, 0.4) is 0 Å². The SMILES string of the molecule is C=C(NC(=O)C(C)(c1ccccc1)c1ccccc1)c1cccc(C)c1. The Morgan fingerprint density at radius 1 is 0.846 bits per heavy atom. The number of rotatable bonds is 5. The fraction of sp³-hybridized carbons (Fsp3) is 0.125. The topological polar surface area (TPSA) is 29.1 Å². The first kappa shape index (κ1) is 17.7. The van der Waals surface area contributed by atoms with Crippen LogP contribution < -0.4 is 5.32 Å². The first-order valence-electron chi connectivity index (χ1n) is 8.70. The Balaban J connectivity index is 1.97. The average molecular weight is 341 g/mol. The van der Waals surface area contributed by atoms with Crippen LogP contribution in [0.2, 0.25) is 0 Å². The summed E-state index contributed by atoms with van der Waals surface area (Å²) in [7, 11) is 0. The first-order valence-corrected chi connectivity index (χ1v) is 8.70. The van der Waals surface area contributed by atoms with Crippen molar-refractivity contribution in [3.8, 4) is 0 Å². The summed E-state index contributed by atoms with van der Waals surface area (Å²) >= 11 is 0. The van der Waals surface area contributed by atoms with Crippen LogP contribution in [0.1, 0.15) is 29.2 Å². The lowest BCUT2D eigenvalue weighted by atomic mass is 9.75. The van der Waals surface area contributed by atoms with Crippen molar-refractivity contribution in [3.63, 3.8) is 0 Å². The van der Waals surface area contributed by atoms with Gasteiger partial charge < -0.3 is 5.32 Å². The van der Waals surface area contributed by atoms with E-state index in [1.807, 2.05) is 98.8 Å². The fourth-order valence-electron chi connectivity index (χ4n) is 3.14. The predicted molar refractivity (Wildman–Crippen MR) is 108 cm³/mol. The van der Waals surface area contributed by atoms with E-state index in [-0.39, 0.29) is 5.91 Å². The molecule has 26 heavy (non-hydrogen) atoms. The highest BCUT2D eigenvalue weighted by atomic mass is 16.2. The zero-order chi connectivity index (χ0) is 18.6. The molecule has 2 heteroatoms. The molecule has 0 aliphatic carbocycles. The molecule has 0 saturated carbocycles. The first-order chi connectivity index (χ1) is 12.5. The molecule has 0 aromatic heterocycles. The molecule has 1 amide bonds. The summed E-state index contributed by atoms with van der Waals surface area (Å²) in [5, 5.41) is 3.03. The van der Waals surface area contributed by atoms with Crippen molar-refractivity contribution in [1.82, 2.24) is 5.32 Å². The summed E-state index contributed by atoms with van der Waals surface area (Å²) in [6.45, 7) is 8.05. The molecule has 0 atom stereocenters. The van der Waals surface area contributed by atoms with Crippen LogP contribution >= 0.6 is 0 Å². The zero-order valence-electron chi connectivity index (χ0n) is 15.2. The van der Waals surface area contributed by atoms with Gasteiger partial charge in [0, 0.05) is 5.70 Å². The number of amides is 1. The van der Waals surface area contributed by atoms with E-state index in [9.17, 15) is 4.79 Å². The molecule has 0 heterocycles. The van der Waals surface area contributed by atoms with Crippen molar-refractivity contribution in [2.24, 2.45) is 0 Å². The Kier molecular flexibility index (Phi) is 5.04. The van der Waals surface area contributed by atoms with Crippen molar-refractivity contribution in [2.45, 2.75) is 19.3 Å². The summed E-state index contributed by atoms with van der Waals surface area (Å²) in [5.74, 6) is -0.0959. The third kappa shape index (κ3) is 3.45. The molecule has 130 valence electrons. The van der Waals surface area contributed by atoms with Crippen LogP contribution in [0.15, 0.2) is 91.5 Å². The van der Waals surface area contributed by atoms with E-state index in [4.69, 9.17) is 0 Å². The van der Waals surface area contributed by atoms with Crippen LogP contribution in [-0.4, -0.2) is 5.91 Å². The Labute approximate surface area is 155 Å². The van der Waals surface area contributed by atoms with Gasteiger partial charge in [0.15, 0.2) is 0 Å². The van der Waals surface area contributed by atoms with Gasteiger partial charge in [-0.05, 0) is 36.6 Å². The second-order valence-corrected chi connectivity index (χ2v) is 6.66. The van der Waals surface area contributed by atoms with E-state index >= 15 is 0 Å². The normalized spacial score (nSPS) is 11.0. The van der Waals surface area contributed by atoms with Gasteiger partial charge >= 0.3 is 0 Å². The minimum atomic E-state index is -0.810. The molecule has 0 spiro atoms. The fourth-order valence-corrected chi connectivity index (χ4v) is 3.14. The van der Waals surface area contributed by atoms with Gasteiger partial charge in [0.1, 0.15) is 0 Å². The second-order valence-electron chi connectivity index (χ2n) is 6.66. The van der Waals surface area contributed by atoms with Crippen LogP contribution in [0.5, 0.6) is 0 Å². The Bertz CT molecular complexity index is 874. The molecule has 0 aliphatic heterocycles. The summed E-state index contributed by atoms with van der Waals surface area (Å²) < 4.78 is 0. The Morgan fingerprint density at radius 2 is 1.38 bits per heavy atom. The standard InChI is InChI=1S/C24H23NO/c1-18-11-10-12-20(17-18)19(2)25-23(26)24(3,21-13-6-4-7-14-21)22-15-8-5-9-16-22/h4-17H,2H2,1,3H3,(H,25,26). The lowest BCUT2D eigenvalue weighted by molar-refractivity contribution is -0.123. The summed E-state index contributed by atoms with van der Waals surface area (Å²) in [6, 6.07) is 27.7. The molecule has 0 bridgehead atoms. The highest BCUT2D eigenvalue weighted by Gasteiger charge is 2.37. The third-order valence-corrected chi connectivity index (χ3v) is 4.79. The number of hydrogen-bond donors (Lipinski definition) is 1. The van der Waals surface area contributed by atoms with Gasteiger partial charge in [-0.25, -0.2) is 0 Å². The minimum absolute atomic E-state index is 0.0959. The molecular weight excluding hydrogens is 318 g/mol. The van der Waals surface area contributed by atoms with E-state index in [2.05, 4.69) is 11.9 Å². The third-order valence-electron chi connectivity index (χ3n) is 4.79. The second kappa shape index (κ2) is 7.40. The average Bonchev–Trinajstić information content (AvgIpc) is 2.68. The van der Waals surface area contributed by atoms with Gasteiger partial charge in [0.05, 0.1) is 5.41 Å². The summed E-state index contributed by atoms with van der Waals surface area (Å²) in [4.78, 5) is 13.4. The van der Waals surface area contributed by atoms with E-state index in [1.54, 1.807) is 0 Å². The summed E-state index contributed by atoms with van der Waals surface area (Å²) in [5.41, 5.74) is 3.74. The highest BCUT2D eigenvalue weighted by molar-refractivity contribution is 5.96. The molecule has 3 rings (SSSR count). The molecule has 0 saturated heterocycles. The van der Waals surface area contributed by atoms with Crippen LogP contribution in [0.25, 0.3) is 5.70 Å². The van der Waals surface area contributed by atoms with Gasteiger partial charge in [-0.1, -0.05) is 91.0 Å². The zero-order valence-corrected chi connectivity index (χ0v) is 15.2. The quantitative estimate of drug-likeness (QED) is 0.688. The lowest BCUT2D eigenvalue weighted by Crippen LogP contribution is -2.42. The Morgan fingerprint density at radius 3 is 1.88 bits per heavy atom. The van der Waals surface area contributed by atoms with E-state index in [0.29, 0.717) is 5.70 Å². The number of aryl methyl sites for hydroxylation is 1. The number of hydrogen-bond acceptors (Lipinski definition) is 1. The number of nitrogens with one attached hydrogen (secondary N) is 1.